The first kappa shape index (κ1) is 42.5. The Morgan fingerprint density at radius 1 is 1.00 bits per heavy atom. The molecule has 2 bridgehead atoms. The normalized spacial score (nSPS) is 35.9. The highest BCUT2D eigenvalue weighted by Crippen LogP contribution is 2.64. The van der Waals surface area contributed by atoms with Crippen LogP contribution in [-0.4, -0.2) is 101 Å². The van der Waals surface area contributed by atoms with Crippen molar-refractivity contribution >= 4 is 29.7 Å². The average molecular weight is 770 g/mol. The Bertz CT molecular complexity index is 1740. The first-order chi connectivity index (χ1) is 25.6. The fourth-order valence-electron chi connectivity index (χ4n) is 10.2. The van der Waals surface area contributed by atoms with Gasteiger partial charge in [0.15, 0.2) is 17.5 Å². The maximum atomic E-state index is 15.4. The smallest absolute Gasteiger partial charge is 0.338 e. The number of carbonyl (C=O) groups excluding carboxylic acids is 5. The Hall–Kier alpha value is -3.65. The molecule has 1 aromatic rings. The third-order valence-corrected chi connectivity index (χ3v) is 14.1. The summed E-state index contributed by atoms with van der Waals surface area (Å²) >= 11 is 0. The molecule has 3 aliphatic carbocycles. The van der Waals surface area contributed by atoms with Crippen LogP contribution in [0.3, 0.4) is 0 Å². The van der Waals surface area contributed by atoms with Gasteiger partial charge in [0.1, 0.15) is 23.9 Å². The molecule has 1 heterocycles. The van der Waals surface area contributed by atoms with E-state index >= 15 is 4.79 Å². The van der Waals surface area contributed by atoms with E-state index in [9.17, 15) is 29.4 Å². The van der Waals surface area contributed by atoms with Crippen molar-refractivity contribution in [2.24, 2.45) is 22.2 Å². The van der Waals surface area contributed by atoms with E-state index in [1.165, 1.54) is 26.0 Å². The van der Waals surface area contributed by atoms with E-state index in [0.29, 0.717) is 18.4 Å². The van der Waals surface area contributed by atoms with E-state index in [4.69, 9.17) is 23.7 Å². The number of hydrogen-bond donors (Lipinski definition) is 3. The lowest BCUT2D eigenvalue weighted by molar-refractivity contribution is -0.346. The van der Waals surface area contributed by atoms with Crippen LogP contribution in [0.4, 0.5) is 0 Å². The second-order valence-corrected chi connectivity index (χ2v) is 17.2. The molecular weight excluding hydrogens is 710 g/mol. The van der Waals surface area contributed by atoms with Gasteiger partial charge < -0.3 is 39.2 Å². The number of fused-ring (bicyclic) bond motifs is 5. The first-order valence-corrected chi connectivity index (χ1v) is 19.4. The first-order valence-electron chi connectivity index (χ1n) is 19.4. The number of aliphatic hydroxyl groups is 2. The van der Waals surface area contributed by atoms with Crippen LogP contribution in [0.2, 0.25) is 0 Å². The largest absolute Gasteiger partial charge is 0.457 e. The summed E-state index contributed by atoms with van der Waals surface area (Å²) in [6.45, 7) is 16.3. The Balaban J connectivity index is 1.82. The molecule has 1 aliphatic heterocycles. The summed E-state index contributed by atoms with van der Waals surface area (Å²) in [5, 5.41) is 29.0. The van der Waals surface area contributed by atoms with Gasteiger partial charge in [0.25, 0.3) is 0 Å². The van der Waals surface area contributed by atoms with Crippen LogP contribution in [0, 0.1) is 22.2 Å². The molecule has 13 nitrogen and oxygen atoms in total. The fourth-order valence-corrected chi connectivity index (χ4v) is 10.2. The second kappa shape index (κ2) is 14.7. The minimum atomic E-state index is -2.22. The maximum absolute atomic E-state index is 15.4. The van der Waals surface area contributed by atoms with Crippen molar-refractivity contribution in [2.45, 2.75) is 149 Å². The summed E-state index contributed by atoms with van der Waals surface area (Å²) in [6.07, 6.45) is -5.64. The molecule has 3 fully saturated rings. The number of carbonyl (C=O) groups is 5. The van der Waals surface area contributed by atoms with Gasteiger partial charge in [-0.25, -0.2) is 4.79 Å². The number of esters is 4. The van der Waals surface area contributed by atoms with Gasteiger partial charge in [-0.15, -0.1) is 0 Å². The van der Waals surface area contributed by atoms with Gasteiger partial charge in [-0.1, -0.05) is 52.3 Å². The molecule has 0 aromatic heterocycles. The number of ketones is 1. The van der Waals surface area contributed by atoms with Crippen LogP contribution in [-0.2, 0) is 42.9 Å². The molecule has 11 atom stereocenters. The molecule has 55 heavy (non-hydrogen) atoms. The number of rotatable bonds is 11. The number of hydrogen-bond acceptors (Lipinski definition) is 13. The van der Waals surface area contributed by atoms with Crippen LogP contribution in [0.1, 0.15) is 112 Å². The molecule has 4 unspecified atom stereocenters. The Morgan fingerprint density at radius 2 is 1.64 bits per heavy atom. The highest BCUT2D eigenvalue weighted by atomic mass is 16.6. The van der Waals surface area contributed by atoms with E-state index in [2.05, 4.69) is 5.32 Å². The molecule has 5 rings (SSSR count). The highest BCUT2D eigenvalue weighted by Gasteiger charge is 2.78. The van der Waals surface area contributed by atoms with Crippen LogP contribution in [0.15, 0.2) is 41.5 Å². The maximum Gasteiger partial charge on any atom is 0.338 e. The van der Waals surface area contributed by atoms with E-state index in [0.717, 1.165) is 13.3 Å². The highest BCUT2D eigenvalue weighted by molar-refractivity contribution is 5.95. The van der Waals surface area contributed by atoms with Gasteiger partial charge in [-0.05, 0) is 70.9 Å². The van der Waals surface area contributed by atoms with Gasteiger partial charge in [-0.2, -0.15) is 0 Å². The second-order valence-electron chi connectivity index (χ2n) is 17.2. The number of ether oxygens (including phenoxy) is 5. The van der Waals surface area contributed by atoms with Gasteiger partial charge in [0.2, 0.25) is 0 Å². The topological polar surface area (TPSA) is 184 Å². The molecular formula is C42H59NO12. The van der Waals surface area contributed by atoms with Gasteiger partial charge in [-0.3, -0.25) is 19.2 Å². The Kier molecular flexibility index (Phi) is 11.4. The lowest BCUT2D eigenvalue weighted by Gasteiger charge is -2.67. The van der Waals surface area contributed by atoms with Crippen LogP contribution in [0.25, 0.3) is 0 Å². The number of benzene rings is 1. The lowest BCUT2D eigenvalue weighted by Crippen LogP contribution is -2.82. The number of Topliss-reactive ketones (excluding diaryl/α,β-unsaturated/α-hetero) is 1. The van der Waals surface area contributed by atoms with Crippen molar-refractivity contribution in [3.63, 3.8) is 0 Å². The lowest BCUT2D eigenvalue weighted by atomic mass is 9.44. The zero-order valence-corrected chi connectivity index (χ0v) is 34.1. The molecule has 0 amide bonds. The fraction of sp³-hybridized carbons (Fsp3) is 0.690. The molecule has 3 N–H and O–H groups in total. The van der Waals surface area contributed by atoms with Crippen molar-refractivity contribution in [3.8, 4) is 0 Å². The molecule has 4 aliphatic rings. The van der Waals surface area contributed by atoms with Crippen molar-refractivity contribution < 1.29 is 57.9 Å². The van der Waals surface area contributed by atoms with Crippen molar-refractivity contribution in [1.29, 1.82) is 0 Å². The van der Waals surface area contributed by atoms with Crippen LogP contribution < -0.4 is 5.32 Å². The molecule has 0 spiro atoms. The van der Waals surface area contributed by atoms with E-state index in [1.54, 1.807) is 46.0 Å². The van der Waals surface area contributed by atoms with Gasteiger partial charge in [0.05, 0.1) is 35.0 Å². The average Bonchev–Trinajstić information content (AvgIpc) is 3.12. The van der Waals surface area contributed by atoms with E-state index in [1.807, 2.05) is 27.7 Å². The molecule has 13 heteroatoms. The van der Waals surface area contributed by atoms with Gasteiger partial charge >= 0.3 is 23.9 Å². The third-order valence-electron chi connectivity index (χ3n) is 14.1. The number of nitrogens with one attached hydrogen (secondary N) is 1. The molecule has 0 radical (unpaired) electrons. The zero-order valence-electron chi connectivity index (χ0n) is 34.1. The number of aliphatic hydroxyl groups excluding tert-OH is 1. The van der Waals surface area contributed by atoms with E-state index in [-0.39, 0.29) is 30.6 Å². The summed E-state index contributed by atoms with van der Waals surface area (Å²) in [7, 11) is 1.79. The van der Waals surface area contributed by atoms with Crippen molar-refractivity contribution in [2.75, 3.05) is 13.7 Å². The summed E-state index contributed by atoms with van der Waals surface area (Å²) < 4.78 is 30.8. The van der Waals surface area contributed by atoms with Crippen LogP contribution in [0.5, 0.6) is 0 Å². The van der Waals surface area contributed by atoms with Crippen molar-refractivity contribution in [1.82, 2.24) is 5.32 Å². The molecule has 1 saturated heterocycles. The summed E-state index contributed by atoms with van der Waals surface area (Å²) in [5.74, 6) is -5.12. The standard InChI is InChI=1S/C42H59NO12/c1-12-19-39(9,43-11)38(8,13-2)36(49)53-27-21-42(50)34(54-35(48)26-17-15-14-16-18-26)32-40(10,28(46)20-29-41(32,22-51-29)55-25(5)45)33(47)31(52-24(4)44)30(23(27)3)37(42,6)7/h14-18,27-29,31-32,34,43,46,50H,12-13,19-22H2,1-11H3/t27?,28-,29+,31+,32?,34-,38?,39?,40+,41-,42+/m0/s1. The summed E-state index contributed by atoms with van der Waals surface area (Å²) in [6, 6.07) is 8.09. The summed E-state index contributed by atoms with van der Waals surface area (Å²) in [5.41, 5.74) is -8.45. The quantitative estimate of drug-likeness (QED) is 0.164. The van der Waals surface area contributed by atoms with Crippen molar-refractivity contribution in [3.05, 3.63) is 47.0 Å². The summed E-state index contributed by atoms with van der Waals surface area (Å²) in [4.78, 5) is 70.1. The molecule has 304 valence electrons. The van der Waals surface area contributed by atoms with Gasteiger partial charge in [0, 0.05) is 37.6 Å². The van der Waals surface area contributed by atoms with Crippen LogP contribution >= 0.6 is 0 Å². The SMILES string of the molecule is CCCC(C)(NC)C(C)(CC)C(=O)OC1C[C@@]2(O)[C@@H](OC(=O)c3ccccc3)C3[C@](C)(C(=O)[C@H](OC(C)=O)C(=C1C)C2(C)C)[C@@H](O)C[C@H]1OC[C@@]31OC(C)=O. The van der Waals surface area contributed by atoms with E-state index < -0.39 is 99.1 Å². The monoisotopic (exact) mass is 769 g/mol. The Labute approximate surface area is 323 Å². The predicted octanol–water partition coefficient (Wildman–Crippen LogP) is 4.40. The zero-order chi connectivity index (χ0) is 41.1. The molecule has 1 aromatic carbocycles. The third kappa shape index (κ3) is 6.33. The predicted molar refractivity (Wildman–Crippen MR) is 199 cm³/mol. The molecule has 2 saturated carbocycles. The Morgan fingerprint density at radius 3 is 2.15 bits per heavy atom. The minimum absolute atomic E-state index is 0.141. The minimum Gasteiger partial charge on any atom is -0.457 e.